The molecule has 0 heterocycles. The van der Waals surface area contributed by atoms with E-state index in [1.165, 1.54) is 0 Å². The van der Waals surface area contributed by atoms with Gasteiger partial charge in [0.1, 0.15) is 5.75 Å². The molecule has 0 bridgehead atoms. The molecule has 0 unspecified atom stereocenters. The van der Waals surface area contributed by atoms with Gasteiger partial charge in [0.15, 0.2) is 0 Å². The predicted octanol–water partition coefficient (Wildman–Crippen LogP) is 3.71. The monoisotopic (exact) mass is 262 g/mol. The smallest absolute Gasteiger partial charge is 0.336 e. The van der Waals surface area contributed by atoms with Crippen LogP contribution in [0.5, 0.6) is 5.75 Å². The lowest BCUT2D eigenvalue weighted by Crippen LogP contribution is -1.99. The van der Waals surface area contributed by atoms with E-state index in [2.05, 4.69) is 0 Å². The molecule has 92 valence electrons. The summed E-state index contributed by atoms with van der Waals surface area (Å²) in [6.07, 6.45) is 0. The first-order valence-corrected chi connectivity index (χ1v) is 5.67. The lowest BCUT2D eigenvalue weighted by Gasteiger charge is -2.09. The van der Waals surface area contributed by atoms with E-state index in [0.717, 1.165) is 0 Å². The van der Waals surface area contributed by atoms with Gasteiger partial charge < -0.3 is 9.84 Å². The molecule has 0 saturated carbocycles. The number of hydrogen-bond acceptors (Lipinski definition) is 2. The summed E-state index contributed by atoms with van der Waals surface area (Å²) in [5.41, 5.74) is 1.50. The second-order valence-electron chi connectivity index (χ2n) is 3.70. The molecule has 3 nitrogen and oxygen atoms in total. The van der Waals surface area contributed by atoms with Crippen LogP contribution in [0.2, 0.25) is 5.02 Å². The van der Waals surface area contributed by atoms with E-state index < -0.39 is 5.97 Å². The predicted molar refractivity (Wildman–Crippen MR) is 70.4 cm³/mol. The van der Waals surface area contributed by atoms with E-state index in [1.807, 2.05) is 0 Å². The maximum absolute atomic E-state index is 11.2. The summed E-state index contributed by atoms with van der Waals surface area (Å²) < 4.78 is 5.06. The summed E-state index contributed by atoms with van der Waals surface area (Å²) in [4.78, 5) is 11.2. The molecule has 2 aromatic carbocycles. The van der Waals surface area contributed by atoms with E-state index in [9.17, 15) is 4.79 Å². The average molecular weight is 263 g/mol. The molecular weight excluding hydrogens is 252 g/mol. The lowest BCUT2D eigenvalue weighted by atomic mass is 9.99. The van der Waals surface area contributed by atoms with Crippen LogP contribution in [-0.4, -0.2) is 18.2 Å². The summed E-state index contributed by atoms with van der Waals surface area (Å²) in [5.74, 6) is -0.339. The van der Waals surface area contributed by atoms with Gasteiger partial charge in [0.05, 0.1) is 17.7 Å². The molecule has 2 rings (SSSR count). The Morgan fingerprint density at radius 1 is 1.17 bits per heavy atom. The van der Waals surface area contributed by atoms with Crippen molar-refractivity contribution < 1.29 is 14.6 Å². The Morgan fingerprint density at radius 2 is 1.89 bits per heavy atom. The summed E-state index contributed by atoms with van der Waals surface area (Å²) in [6.45, 7) is 0. The Kier molecular flexibility index (Phi) is 3.53. The van der Waals surface area contributed by atoms with Gasteiger partial charge in [-0.3, -0.25) is 0 Å². The maximum Gasteiger partial charge on any atom is 0.336 e. The largest absolute Gasteiger partial charge is 0.497 e. The molecule has 4 heteroatoms. The van der Waals surface area contributed by atoms with Crippen LogP contribution >= 0.6 is 11.6 Å². The second-order valence-corrected chi connectivity index (χ2v) is 4.10. The van der Waals surface area contributed by atoms with Crippen molar-refractivity contribution in [3.63, 3.8) is 0 Å². The molecule has 2 aromatic rings. The fourth-order valence-electron chi connectivity index (χ4n) is 1.75. The van der Waals surface area contributed by atoms with E-state index >= 15 is 0 Å². The highest BCUT2D eigenvalue weighted by atomic mass is 35.5. The Labute approximate surface area is 110 Å². The summed E-state index contributed by atoms with van der Waals surface area (Å²) in [6, 6.07) is 11.9. The third-order valence-electron chi connectivity index (χ3n) is 2.62. The van der Waals surface area contributed by atoms with Gasteiger partial charge in [-0.1, -0.05) is 29.8 Å². The number of hydrogen-bond donors (Lipinski definition) is 1. The first-order chi connectivity index (χ1) is 8.63. The Morgan fingerprint density at radius 3 is 2.50 bits per heavy atom. The molecule has 0 aliphatic heterocycles. The summed E-state index contributed by atoms with van der Waals surface area (Å²) in [5, 5.41) is 9.61. The Balaban J connectivity index is 2.59. The van der Waals surface area contributed by atoms with Crippen LogP contribution < -0.4 is 4.74 Å². The fraction of sp³-hybridized carbons (Fsp3) is 0.0714. The van der Waals surface area contributed by atoms with Gasteiger partial charge in [-0.05, 0) is 29.8 Å². The van der Waals surface area contributed by atoms with E-state index in [-0.39, 0.29) is 5.56 Å². The minimum atomic E-state index is -0.975. The molecule has 0 radical (unpaired) electrons. The third kappa shape index (κ3) is 2.31. The van der Waals surface area contributed by atoms with Gasteiger partial charge in [0.2, 0.25) is 0 Å². The first kappa shape index (κ1) is 12.5. The van der Waals surface area contributed by atoms with Crippen molar-refractivity contribution in [2.45, 2.75) is 0 Å². The molecule has 0 aliphatic carbocycles. The van der Waals surface area contributed by atoms with Crippen LogP contribution in [0.25, 0.3) is 11.1 Å². The fourth-order valence-corrected chi connectivity index (χ4v) is 2.02. The van der Waals surface area contributed by atoms with Crippen LogP contribution in [0.3, 0.4) is 0 Å². The highest BCUT2D eigenvalue weighted by Gasteiger charge is 2.13. The van der Waals surface area contributed by atoms with Crippen molar-refractivity contribution in [1.29, 1.82) is 0 Å². The van der Waals surface area contributed by atoms with Gasteiger partial charge in [-0.15, -0.1) is 0 Å². The molecular formula is C14H11ClO3. The highest BCUT2D eigenvalue weighted by Crippen LogP contribution is 2.33. The minimum Gasteiger partial charge on any atom is -0.497 e. The van der Waals surface area contributed by atoms with Crippen LogP contribution in [0.15, 0.2) is 42.5 Å². The zero-order valence-electron chi connectivity index (χ0n) is 9.68. The minimum absolute atomic E-state index is 0.226. The molecule has 0 aliphatic rings. The van der Waals surface area contributed by atoms with E-state index in [4.69, 9.17) is 21.4 Å². The molecule has 0 spiro atoms. The zero-order valence-corrected chi connectivity index (χ0v) is 10.4. The number of benzene rings is 2. The number of carboxylic acids is 1. The van der Waals surface area contributed by atoms with Crippen LogP contribution in [-0.2, 0) is 0 Å². The molecule has 0 atom stereocenters. The standard InChI is InChI=1S/C14H11ClO3/c1-18-9-6-7-11(13(15)8-9)10-4-2-3-5-12(10)14(16)17/h2-8H,1H3,(H,16,17). The SMILES string of the molecule is COc1ccc(-c2ccccc2C(=O)O)c(Cl)c1. The average Bonchev–Trinajstić information content (AvgIpc) is 2.38. The molecule has 18 heavy (non-hydrogen) atoms. The topological polar surface area (TPSA) is 46.5 Å². The van der Waals surface area contributed by atoms with Crippen molar-refractivity contribution in [3.8, 4) is 16.9 Å². The quantitative estimate of drug-likeness (QED) is 0.917. The van der Waals surface area contributed by atoms with Gasteiger partial charge in [0, 0.05) is 5.56 Å². The molecule has 0 aromatic heterocycles. The number of carbonyl (C=O) groups is 1. The van der Waals surface area contributed by atoms with Gasteiger partial charge in [-0.2, -0.15) is 0 Å². The number of methoxy groups -OCH3 is 1. The van der Waals surface area contributed by atoms with Gasteiger partial charge in [0.25, 0.3) is 0 Å². The first-order valence-electron chi connectivity index (χ1n) is 5.29. The normalized spacial score (nSPS) is 10.1. The lowest BCUT2D eigenvalue weighted by molar-refractivity contribution is 0.0698. The zero-order chi connectivity index (χ0) is 13.1. The van der Waals surface area contributed by atoms with Crippen molar-refractivity contribution >= 4 is 17.6 Å². The number of rotatable bonds is 3. The Hall–Kier alpha value is -2.00. The van der Waals surface area contributed by atoms with Crippen molar-refractivity contribution in [2.75, 3.05) is 7.11 Å². The molecule has 0 amide bonds. The highest BCUT2D eigenvalue weighted by molar-refractivity contribution is 6.33. The van der Waals surface area contributed by atoms with Crippen LogP contribution in [0.1, 0.15) is 10.4 Å². The summed E-state index contributed by atoms with van der Waals surface area (Å²) >= 11 is 6.15. The number of ether oxygens (including phenoxy) is 1. The Bertz CT molecular complexity index is 593. The number of halogens is 1. The molecule has 1 N–H and O–H groups in total. The second kappa shape index (κ2) is 5.10. The van der Waals surface area contributed by atoms with Crippen LogP contribution in [0, 0.1) is 0 Å². The summed E-state index contributed by atoms with van der Waals surface area (Å²) in [7, 11) is 1.55. The van der Waals surface area contributed by atoms with E-state index in [1.54, 1.807) is 49.6 Å². The van der Waals surface area contributed by atoms with E-state index in [0.29, 0.717) is 21.9 Å². The van der Waals surface area contributed by atoms with Crippen LogP contribution in [0.4, 0.5) is 0 Å². The third-order valence-corrected chi connectivity index (χ3v) is 2.94. The van der Waals surface area contributed by atoms with Crippen molar-refractivity contribution in [2.24, 2.45) is 0 Å². The van der Waals surface area contributed by atoms with Crippen molar-refractivity contribution in [3.05, 3.63) is 53.1 Å². The van der Waals surface area contributed by atoms with Gasteiger partial charge >= 0.3 is 5.97 Å². The number of aromatic carboxylic acids is 1. The molecule has 0 saturated heterocycles. The maximum atomic E-state index is 11.2. The van der Waals surface area contributed by atoms with Gasteiger partial charge in [-0.25, -0.2) is 4.79 Å². The van der Waals surface area contributed by atoms with Crippen molar-refractivity contribution in [1.82, 2.24) is 0 Å². The number of carboxylic acid groups (broad SMARTS) is 1. The molecule has 0 fully saturated rings.